The highest BCUT2D eigenvalue weighted by atomic mass is 16.5. The van der Waals surface area contributed by atoms with E-state index in [0.717, 1.165) is 5.56 Å². The molecular weight excluding hydrogens is 426 g/mol. The van der Waals surface area contributed by atoms with Crippen molar-refractivity contribution in [3.8, 4) is 5.75 Å². The van der Waals surface area contributed by atoms with Gasteiger partial charge in [0, 0.05) is 23.6 Å². The van der Waals surface area contributed by atoms with Crippen molar-refractivity contribution in [3.63, 3.8) is 0 Å². The Morgan fingerprint density at radius 1 is 1.12 bits per heavy atom. The number of allylic oxidation sites excluding steroid dienone is 1. The standard InChI is InChI=1S/C25H29NO7/c1-15(2)14-32-25(29)23-16(3)26(13-17-10-11-21(33-17)24(28)31-5)22(27)12-19(23)18-8-6-7-9-20(18)30-4/h6-11,15,19H,12-14H2,1-5H3/t19-/m1/s1. The van der Waals surface area contributed by atoms with E-state index in [9.17, 15) is 14.4 Å². The molecule has 8 nitrogen and oxygen atoms in total. The van der Waals surface area contributed by atoms with Crippen LogP contribution in [0.4, 0.5) is 0 Å². The average Bonchev–Trinajstić information content (AvgIpc) is 3.28. The molecule has 0 aliphatic carbocycles. The fourth-order valence-electron chi connectivity index (χ4n) is 3.84. The van der Waals surface area contributed by atoms with Gasteiger partial charge in [-0.15, -0.1) is 0 Å². The summed E-state index contributed by atoms with van der Waals surface area (Å²) in [6.45, 7) is 5.97. The summed E-state index contributed by atoms with van der Waals surface area (Å²) in [6.07, 6.45) is 0.0639. The first-order valence-electron chi connectivity index (χ1n) is 10.7. The van der Waals surface area contributed by atoms with E-state index in [-0.39, 0.29) is 37.2 Å². The first-order chi connectivity index (χ1) is 15.8. The molecule has 2 heterocycles. The second-order valence-electron chi connectivity index (χ2n) is 8.23. The molecule has 33 heavy (non-hydrogen) atoms. The van der Waals surface area contributed by atoms with Gasteiger partial charge in [-0.05, 0) is 31.0 Å². The molecule has 1 aromatic heterocycles. The van der Waals surface area contributed by atoms with Gasteiger partial charge in [0.1, 0.15) is 11.5 Å². The Hall–Kier alpha value is -3.55. The van der Waals surface area contributed by atoms with Crippen molar-refractivity contribution in [2.45, 2.75) is 39.7 Å². The van der Waals surface area contributed by atoms with Crippen LogP contribution < -0.4 is 4.74 Å². The number of para-hydroxylation sites is 1. The number of carbonyl (C=O) groups is 3. The van der Waals surface area contributed by atoms with Crippen LogP contribution in [0, 0.1) is 5.92 Å². The summed E-state index contributed by atoms with van der Waals surface area (Å²) in [4.78, 5) is 39.6. The quantitative estimate of drug-likeness (QED) is 0.554. The van der Waals surface area contributed by atoms with Gasteiger partial charge < -0.3 is 23.5 Å². The lowest BCUT2D eigenvalue weighted by atomic mass is 9.83. The minimum atomic E-state index is -0.604. The summed E-state index contributed by atoms with van der Waals surface area (Å²) in [6, 6.07) is 10.4. The molecule has 1 amide bonds. The van der Waals surface area contributed by atoms with Gasteiger partial charge in [0.05, 0.1) is 32.9 Å². The fourth-order valence-corrected chi connectivity index (χ4v) is 3.84. The van der Waals surface area contributed by atoms with Crippen LogP contribution in [0.15, 0.2) is 52.1 Å². The summed E-state index contributed by atoms with van der Waals surface area (Å²) < 4.78 is 21.3. The number of ether oxygens (including phenoxy) is 3. The SMILES string of the molecule is COC(=O)c1ccc(CN2C(=O)C[C@H](c3ccccc3OC)C(C(=O)OCC(C)C)=C2C)o1. The monoisotopic (exact) mass is 455 g/mol. The van der Waals surface area contributed by atoms with E-state index in [4.69, 9.17) is 13.9 Å². The highest BCUT2D eigenvalue weighted by Crippen LogP contribution is 2.41. The van der Waals surface area contributed by atoms with E-state index in [1.165, 1.54) is 18.1 Å². The molecule has 1 atom stereocenters. The zero-order valence-electron chi connectivity index (χ0n) is 19.5. The van der Waals surface area contributed by atoms with Crippen molar-refractivity contribution < 1.29 is 33.0 Å². The number of rotatable bonds is 8. The molecule has 3 rings (SSSR count). The molecule has 8 heteroatoms. The number of hydrogen-bond donors (Lipinski definition) is 0. The molecule has 176 valence electrons. The van der Waals surface area contributed by atoms with Gasteiger partial charge in [-0.3, -0.25) is 4.79 Å². The first kappa shape index (κ1) is 24.1. The molecule has 0 saturated carbocycles. The van der Waals surface area contributed by atoms with E-state index in [0.29, 0.717) is 22.8 Å². The van der Waals surface area contributed by atoms with Crippen LogP contribution in [0.5, 0.6) is 5.75 Å². The Kier molecular flexibility index (Phi) is 7.58. The largest absolute Gasteiger partial charge is 0.496 e. The Morgan fingerprint density at radius 2 is 1.85 bits per heavy atom. The number of methoxy groups -OCH3 is 2. The molecule has 1 aliphatic rings. The van der Waals surface area contributed by atoms with Crippen LogP contribution in [0.25, 0.3) is 0 Å². The number of amides is 1. The number of nitrogens with zero attached hydrogens (tertiary/aromatic N) is 1. The Bertz CT molecular complexity index is 1070. The summed E-state index contributed by atoms with van der Waals surface area (Å²) in [7, 11) is 2.82. The number of carbonyl (C=O) groups excluding carboxylic acids is 3. The van der Waals surface area contributed by atoms with Crippen LogP contribution in [0.2, 0.25) is 0 Å². The molecule has 0 spiro atoms. The Labute approximate surface area is 193 Å². The Morgan fingerprint density at radius 3 is 2.52 bits per heavy atom. The number of esters is 2. The molecule has 0 N–H and O–H groups in total. The maximum absolute atomic E-state index is 13.2. The van der Waals surface area contributed by atoms with Crippen LogP contribution in [0.1, 0.15) is 55.0 Å². The Balaban J connectivity index is 2.01. The molecule has 0 bridgehead atoms. The van der Waals surface area contributed by atoms with Crippen molar-refractivity contribution in [3.05, 3.63) is 64.8 Å². The highest BCUT2D eigenvalue weighted by Gasteiger charge is 2.38. The first-order valence-corrected chi connectivity index (χ1v) is 10.7. The lowest BCUT2D eigenvalue weighted by Gasteiger charge is -2.34. The van der Waals surface area contributed by atoms with Gasteiger partial charge in [-0.2, -0.15) is 0 Å². The maximum Gasteiger partial charge on any atom is 0.373 e. The van der Waals surface area contributed by atoms with Crippen molar-refractivity contribution >= 4 is 17.8 Å². The summed E-state index contributed by atoms with van der Waals surface area (Å²) in [5.41, 5.74) is 1.63. The van der Waals surface area contributed by atoms with Crippen LogP contribution in [-0.4, -0.2) is 43.6 Å². The van der Waals surface area contributed by atoms with Gasteiger partial charge in [-0.25, -0.2) is 9.59 Å². The predicted molar refractivity (Wildman–Crippen MR) is 119 cm³/mol. The van der Waals surface area contributed by atoms with E-state index in [2.05, 4.69) is 4.74 Å². The summed E-state index contributed by atoms with van der Waals surface area (Å²) >= 11 is 0. The van der Waals surface area contributed by atoms with Gasteiger partial charge in [0.2, 0.25) is 11.7 Å². The molecule has 1 aromatic carbocycles. The second-order valence-corrected chi connectivity index (χ2v) is 8.23. The second kappa shape index (κ2) is 10.4. The van der Waals surface area contributed by atoms with Crippen molar-refractivity contribution in [1.82, 2.24) is 4.90 Å². The van der Waals surface area contributed by atoms with Gasteiger partial charge in [-0.1, -0.05) is 32.0 Å². The third kappa shape index (κ3) is 5.27. The number of furan rings is 1. The minimum absolute atomic E-state index is 0.0436. The molecule has 0 fully saturated rings. The lowest BCUT2D eigenvalue weighted by molar-refractivity contribution is -0.141. The van der Waals surface area contributed by atoms with E-state index in [1.807, 2.05) is 32.0 Å². The van der Waals surface area contributed by atoms with Crippen molar-refractivity contribution in [2.75, 3.05) is 20.8 Å². The zero-order valence-corrected chi connectivity index (χ0v) is 19.5. The molecular formula is C25H29NO7. The lowest BCUT2D eigenvalue weighted by Crippen LogP contribution is -2.38. The predicted octanol–water partition coefficient (Wildman–Crippen LogP) is 4.06. The molecule has 1 aliphatic heterocycles. The van der Waals surface area contributed by atoms with Gasteiger partial charge >= 0.3 is 11.9 Å². The molecule has 0 radical (unpaired) electrons. The van der Waals surface area contributed by atoms with Gasteiger partial charge in [0.15, 0.2) is 0 Å². The zero-order chi connectivity index (χ0) is 24.1. The number of hydrogen-bond acceptors (Lipinski definition) is 7. The van der Waals surface area contributed by atoms with E-state index >= 15 is 0 Å². The maximum atomic E-state index is 13.2. The van der Waals surface area contributed by atoms with Crippen LogP contribution >= 0.6 is 0 Å². The molecule has 0 saturated heterocycles. The van der Waals surface area contributed by atoms with E-state index < -0.39 is 17.9 Å². The smallest absolute Gasteiger partial charge is 0.373 e. The fraction of sp³-hybridized carbons (Fsp3) is 0.400. The van der Waals surface area contributed by atoms with Crippen LogP contribution in [0.3, 0.4) is 0 Å². The highest BCUT2D eigenvalue weighted by molar-refractivity contribution is 5.96. The summed E-state index contributed by atoms with van der Waals surface area (Å²) in [5.74, 6) is -0.556. The van der Waals surface area contributed by atoms with Crippen molar-refractivity contribution in [2.24, 2.45) is 5.92 Å². The normalized spacial score (nSPS) is 16.2. The number of benzene rings is 1. The van der Waals surface area contributed by atoms with Crippen LogP contribution in [-0.2, 0) is 25.6 Å². The minimum Gasteiger partial charge on any atom is -0.496 e. The topological polar surface area (TPSA) is 95.3 Å². The molecule has 0 unspecified atom stereocenters. The van der Waals surface area contributed by atoms with Gasteiger partial charge in [0.25, 0.3) is 0 Å². The third-order valence-corrected chi connectivity index (χ3v) is 5.47. The van der Waals surface area contributed by atoms with E-state index in [1.54, 1.807) is 26.2 Å². The average molecular weight is 456 g/mol. The third-order valence-electron chi connectivity index (χ3n) is 5.47. The molecule has 2 aromatic rings. The van der Waals surface area contributed by atoms with Crippen molar-refractivity contribution in [1.29, 1.82) is 0 Å². The summed E-state index contributed by atoms with van der Waals surface area (Å²) in [5, 5.41) is 0.